The van der Waals surface area contributed by atoms with Crippen molar-refractivity contribution >= 4 is 5.57 Å². The molecule has 0 bridgehead atoms. The maximum Gasteiger partial charge on any atom is 0.161 e. The molecule has 3 aromatic rings. The van der Waals surface area contributed by atoms with Crippen LogP contribution in [0.15, 0.2) is 78.4 Å². The largest absolute Gasteiger partial charge is 0.493 e. The normalized spacial score (nSPS) is 14.2. The number of likely N-dealkylation sites (tertiary alicyclic amines) is 1. The molecule has 0 amide bonds. The van der Waals surface area contributed by atoms with Gasteiger partial charge in [0.2, 0.25) is 0 Å². The summed E-state index contributed by atoms with van der Waals surface area (Å²) in [5, 5.41) is 0. The molecule has 0 aromatic heterocycles. The number of benzene rings is 3. The van der Waals surface area contributed by atoms with Crippen LogP contribution in [0.4, 0.5) is 8.78 Å². The van der Waals surface area contributed by atoms with Gasteiger partial charge in [0, 0.05) is 19.6 Å². The van der Waals surface area contributed by atoms with E-state index in [1.807, 2.05) is 48.5 Å². The van der Waals surface area contributed by atoms with Crippen molar-refractivity contribution in [3.8, 4) is 11.5 Å². The van der Waals surface area contributed by atoms with Gasteiger partial charge in [-0.3, -0.25) is 0 Å². The fraction of sp³-hybridized carbons (Fsp3) is 0.286. The molecule has 1 fully saturated rings. The number of rotatable bonds is 8. The van der Waals surface area contributed by atoms with Crippen LogP contribution < -0.4 is 9.47 Å². The quantitative estimate of drug-likeness (QED) is 0.375. The molecule has 1 aliphatic rings. The Balaban J connectivity index is 1.38. The van der Waals surface area contributed by atoms with Crippen LogP contribution in [-0.4, -0.2) is 38.3 Å². The van der Waals surface area contributed by atoms with Gasteiger partial charge in [-0.2, -0.15) is 0 Å². The summed E-state index contributed by atoms with van der Waals surface area (Å²) in [6, 6.07) is 20.8. The lowest BCUT2D eigenvalue weighted by Crippen LogP contribution is -2.32. The van der Waals surface area contributed by atoms with E-state index in [9.17, 15) is 8.78 Å². The molecule has 0 atom stereocenters. The molecule has 0 aliphatic carbocycles. The van der Waals surface area contributed by atoms with Crippen molar-refractivity contribution in [1.82, 2.24) is 4.90 Å². The molecule has 3 nitrogen and oxygen atoms in total. The van der Waals surface area contributed by atoms with Gasteiger partial charge in [0.15, 0.2) is 11.5 Å². The van der Waals surface area contributed by atoms with E-state index in [-0.39, 0.29) is 11.6 Å². The number of ether oxygens (including phenoxy) is 2. The maximum absolute atomic E-state index is 13.5. The van der Waals surface area contributed by atoms with Gasteiger partial charge in [-0.25, -0.2) is 8.78 Å². The standard InChI is InChI=1S/C28H29F2NO2/c1-32-26-5-2-3-6-27(26)33-20-4-17-31-18-15-23(16-19-31)28(21-7-11-24(29)12-8-21)22-9-13-25(30)14-10-22/h2-3,5-14H,4,15-20H2,1H3. The second kappa shape index (κ2) is 11.1. The van der Waals surface area contributed by atoms with Gasteiger partial charge in [0.05, 0.1) is 13.7 Å². The van der Waals surface area contributed by atoms with E-state index >= 15 is 0 Å². The minimum Gasteiger partial charge on any atom is -0.493 e. The first-order valence-electron chi connectivity index (χ1n) is 11.4. The SMILES string of the molecule is COc1ccccc1OCCCN1CCC(=C(c2ccc(F)cc2)c2ccc(F)cc2)CC1. The van der Waals surface area contributed by atoms with Gasteiger partial charge < -0.3 is 14.4 Å². The summed E-state index contributed by atoms with van der Waals surface area (Å²) in [5.41, 5.74) is 4.36. The molecule has 1 heterocycles. The summed E-state index contributed by atoms with van der Waals surface area (Å²) in [6.07, 6.45) is 2.79. The van der Waals surface area contributed by atoms with Crippen LogP contribution in [0, 0.1) is 11.6 Å². The number of nitrogens with zero attached hydrogens (tertiary/aromatic N) is 1. The van der Waals surface area contributed by atoms with Crippen molar-refractivity contribution in [3.05, 3.63) is 101 Å². The van der Waals surface area contributed by atoms with Crippen molar-refractivity contribution in [1.29, 1.82) is 0 Å². The van der Waals surface area contributed by atoms with Gasteiger partial charge in [-0.05, 0) is 72.4 Å². The third-order valence-electron chi connectivity index (χ3n) is 6.02. The van der Waals surface area contributed by atoms with E-state index in [4.69, 9.17) is 9.47 Å². The highest BCUT2D eigenvalue weighted by Crippen LogP contribution is 2.33. The second-order valence-corrected chi connectivity index (χ2v) is 8.19. The Morgan fingerprint density at radius 2 is 1.33 bits per heavy atom. The topological polar surface area (TPSA) is 21.7 Å². The molecule has 5 heteroatoms. The Morgan fingerprint density at radius 1 is 0.788 bits per heavy atom. The summed E-state index contributed by atoms with van der Waals surface area (Å²) in [7, 11) is 1.65. The summed E-state index contributed by atoms with van der Waals surface area (Å²) in [6.45, 7) is 3.51. The van der Waals surface area contributed by atoms with E-state index in [0.29, 0.717) is 6.61 Å². The average Bonchev–Trinajstić information content (AvgIpc) is 2.85. The first kappa shape index (κ1) is 23.0. The zero-order chi connectivity index (χ0) is 23.0. The minimum absolute atomic E-state index is 0.257. The Hall–Kier alpha value is -3.18. The van der Waals surface area contributed by atoms with Crippen LogP contribution >= 0.6 is 0 Å². The fourth-order valence-corrected chi connectivity index (χ4v) is 4.31. The predicted octanol–water partition coefficient (Wildman–Crippen LogP) is 6.34. The third-order valence-corrected chi connectivity index (χ3v) is 6.02. The number of halogens is 2. The Morgan fingerprint density at radius 3 is 1.88 bits per heavy atom. The summed E-state index contributed by atoms with van der Waals surface area (Å²) in [4.78, 5) is 2.45. The van der Waals surface area contributed by atoms with E-state index in [2.05, 4.69) is 4.90 Å². The molecule has 0 spiro atoms. The Kier molecular flexibility index (Phi) is 7.74. The third kappa shape index (κ3) is 5.99. The molecule has 3 aromatic carbocycles. The van der Waals surface area contributed by atoms with Crippen LogP contribution in [-0.2, 0) is 0 Å². The highest BCUT2D eigenvalue weighted by atomic mass is 19.1. The molecule has 0 unspecified atom stereocenters. The monoisotopic (exact) mass is 449 g/mol. The molecule has 33 heavy (non-hydrogen) atoms. The first-order valence-corrected chi connectivity index (χ1v) is 11.4. The number of para-hydroxylation sites is 2. The number of piperidine rings is 1. The minimum atomic E-state index is -0.257. The van der Waals surface area contributed by atoms with E-state index < -0.39 is 0 Å². The first-order chi connectivity index (χ1) is 16.1. The number of methoxy groups -OCH3 is 1. The van der Waals surface area contributed by atoms with Crippen molar-refractivity contribution in [3.63, 3.8) is 0 Å². The van der Waals surface area contributed by atoms with E-state index in [1.165, 1.54) is 29.8 Å². The van der Waals surface area contributed by atoms with Gasteiger partial charge >= 0.3 is 0 Å². The number of hydrogen-bond acceptors (Lipinski definition) is 3. The molecule has 0 N–H and O–H groups in total. The van der Waals surface area contributed by atoms with Gasteiger partial charge in [0.25, 0.3) is 0 Å². The fourth-order valence-electron chi connectivity index (χ4n) is 4.31. The van der Waals surface area contributed by atoms with E-state index in [0.717, 1.165) is 67.1 Å². The number of hydrogen-bond donors (Lipinski definition) is 0. The van der Waals surface area contributed by atoms with Gasteiger partial charge in [-0.1, -0.05) is 42.0 Å². The van der Waals surface area contributed by atoms with Crippen molar-refractivity contribution in [2.24, 2.45) is 0 Å². The van der Waals surface area contributed by atoms with Crippen LogP contribution in [0.25, 0.3) is 5.57 Å². The van der Waals surface area contributed by atoms with Crippen LogP contribution in [0.1, 0.15) is 30.4 Å². The molecular formula is C28H29F2NO2. The highest BCUT2D eigenvalue weighted by Gasteiger charge is 2.19. The Bertz CT molecular complexity index is 1020. The average molecular weight is 450 g/mol. The van der Waals surface area contributed by atoms with Crippen molar-refractivity contribution in [2.75, 3.05) is 33.4 Å². The molecule has 0 radical (unpaired) electrons. The molecule has 1 aliphatic heterocycles. The predicted molar refractivity (Wildman–Crippen MR) is 128 cm³/mol. The maximum atomic E-state index is 13.5. The molecule has 4 rings (SSSR count). The lowest BCUT2D eigenvalue weighted by Gasteiger charge is -2.30. The van der Waals surface area contributed by atoms with Crippen LogP contribution in [0.3, 0.4) is 0 Å². The molecule has 1 saturated heterocycles. The lowest BCUT2D eigenvalue weighted by molar-refractivity contribution is 0.220. The smallest absolute Gasteiger partial charge is 0.161 e. The van der Waals surface area contributed by atoms with Crippen molar-refractivity contribution < 1.29 is 18.3 Å². The summed E-state index contributed by atoms with van der Waals surface area (Å²) >= 11 is 0. The van der Waals surface area contributed by atoms with Gasteiger partial charge in [-0.15, -0.1) is 0 Å². The van der Waals surface area contributed by atoms with Crippen LogP contribution in [0.2, 0.25) is 0 Å². The molecule has 172 valence electrons. The zero-order valence-corrected chi connectivity index (χ0v) is 18.9. The van der Waals surface area contributed by atoms with Gasteiger partial charge in [0.1, 0.15) is 11.6 Å². The molecule has 0 saturated carbocycles. The summed E-state index contributed by atoms with van der Waals surface area (Å²) in [5.74, 6) is 1.01. The lowest BCUT2D eigenvalue weighted by atomic mass is 9.88. The highest BCUT2D eigenvalue weighted by molar-refractivity contribution is 5.82. The second-order valence-electron chi connectivity index (χ2n) is 8.19. The van der Waals surface area contributed by atoms with E-state index in [1.54, 1.807) is 7.11 Å². The van der Waals surface area contributed by atoms with Crippen molar-refractivity contribution in [2.45, 2.75) is 19.3 Å². The summed E-state index contributed by atoms with van der Waals surface area (Å²) < 4.78 is 38.2. The van der Waals surface area contributed by atoms with Crippen LogP contribution in [0.5, 0.6) is 11.5 Å². The Labute approximate surface area is 194 Å². The molecular weight excluding hydrogens is 420 g/mol. The zero-order valence-electron chi connectivity index (χ0n) is 18.9.